The van der Waals surface area contributed by atoms with Crippen LogP contribution < -0.4 is 10.6 Å². The second-order valence-corrected chi connectivity index (χ2v) is 4.99. The van der Waals surface area contributed by atoms with Crippen LogP contribution in [0, 0.1) is 6.92 Å². The summed E-state index contributed by atoms with van der Waals surface area (Å²) in [6, 6.07) is 1.03. The molecule has 0 aromatic carbocycles. The van der Waals surface area contributed by atoms with E-state index in [1.54, 1.807) is 14.0 Å². The fraction of sp³-hybridized carbons (Fsp3) is 0.538. The quantitative estimate of drug-likeness (QED) is 0.735. The van der Waals surface area contributed by atoms with Crippen LogP contribution in [-0.2, 0) is 11.3 Å². The van der Waals surface area contributed by atoms with Gasteiger partial charge in [0, 0.05) is 13.7 Å². The van der Waals surface area contributed by atoms with Crippen molar-refractivity contribution in [3.8, 4) is 0 Å². The number of hydrogen-bond donors (Lipinski definition) is 3. The van der Waals surface area contributed by atoms with Crippen molar-refractivity contribution in [2.75, 3.05) is 13.7 Å². The van der Waals surface area contributed by atoms with Crippen molar-refractivity contribution >= 4 is 12.0 Å². The fourth-order valence-electron chi connectivity index (χ4n) is 1.44. The molecule has 2 amide bonds. The van der Waals surface area contributed by atoms with Crippen LogP contribution in [0.4, 0.5) is 4.79 Å². The van der Waals surface area contributed by atoms with E-state index in [2.05, 4.69) is 10.6 Å². The zero-order valence-electron chi connectivity index (χ0n) is 12.1. The van der Waals surface area contributed by atoms with E-state index in [4.69, 9.17) is 14.3 Å². The third kappa shape index (κ3) is 4.58. The van der Waals surface area contributed by atoms with Gasteiger partial charge in [-0.15, -0.1) is 0 Å². The van der Waals surface area contributed by atoms with Crippen molar-refractivity contribution in [1.29, 1.82) is 0 Å². The standard InChI is InChI=1S/C13H20N2O5/c1-8-10(11(16)17)5-9(20-8)6-14-12(18)15-7-13(2,3)19-4/h5H,6-7H2,1-4H3,(H,16,17)(H2,14,15,18). The Bertz CT molecular complexity index is 493. The molecular weight excluding hydrogens is 264 g/mol. The Morgan fingerprint density at radius 3 is 2.55 bits per heavy atom. The number of amides is 2. The van der Waals surface area contributed by atoms with Gasteiger partial charge in [0.2, 0.25) is 0 Å². The average molecular weight is 284 g/mol. The van der Waals surface area contributed by atoms with Gasteiger partial charge in [-0.3, -0.25) is 0 Å². The largest absolute Gasteiger partial charge is 0.478 e. The average Bonchev–Trinajstić information content (AvgIpc) is 2.75. The summed E-state index contributed by atoms with van der Waals surface area (Å²) >= 11 is 0. The summed E-state index contributed by atoms with van der Waals surface area (Å²) in [4.78, 5) is 22.4. The van der Waals surface area contributed by atoms with Crippen LogP contribution in [0.25, 0.3) is 0 Å². The molecule has 1 heterocycles. The fourth-order valence-corrected chi connectivity index (χ4v) is 1.44. The molecule has 0 radical (unpaired) electrons. The summed E-state index contributed by atoms with van der Waals surface area (Å²) in [6.07, 6.45) is 0. The molecule has 20 heavy (non-hydrogen) atoms. The molecule has 1 aromatic rings. The maximum Gasteiger partial charge on any atom is 0.339 e. The van der Waals surface area contributed by atoms with Gasteiger partial charge in [0.1, 0.15) is 17.1 Å². The van der Waals surface area contributed by atoms with Gasteiger partial charge in [-0.05, 0) is 26.8 Å². The predicted octanol–water partition coefficient (Wildman–Crippen LogP) is 1.51. The molecule has 0 saturated heterocycles. The SMILES string of the molecule is COC(C)(C)CNC(=O)NCc1cc(C(=O)O)c(C)o1. The molecule has 0 aliphatic heterocycles. The summed E-state index contributed by atoms with van der Waals surface area (Å²) in [5.41, 5.74) is -0.350. The topological polar surface area (TPSA) is 101 Å². The highest BCUT2D eigenvalue weighted by Gasteiger charge is 2.18. The Balaban J connectivity index is 2.45. The second-order valence-electron chi connectivity index (χ2n) is 4.99. The number of carbonyl (C=O) groups is 2. The van der Waals surface area contributed by atoms with E-state index in [-0.39, 0.29) is 18.1 Å². The Kier molecular flexibility index (Phi) is 5.15. The number of methoxy groups -OCH3 is 1. The van der Waals surface area contributed by atoms with Gasteiger partial charge in [-0.2, -0.15) is 0 Å². The lowest BCUT2D eigenvalue weighted by Gasteiger charge is -2.23. The summed E-state index contributed by atoms with van der Waals surface area (Å²) in [5.74, 6) is -0.347. The molecule has 112 valence electrons. The van der Waals surface area contributed by atoms with Gasteiger partial charge >= 0.3 is 12.0 Å². The second kappa shape index (κ2) is 6.42. The number of aromatic carboxylic acids is 1. The summed E-state index contributed by atoms with van der Waals surface area (Å²) < 4.78 is 10.4. The van der Waals surface area contributed by atoms with Gasteiger partial charge in [0.15, 0.2) is 0 Å². The Hall–Kier alpha value is -2.02. The molecule has 3 N–H and O–H groups in total. The number of urea groups is 1. The van der Waals surface area contributed by atoms with E-state index in [1.807, 2.05) is 13.8 Å². The van der Waals surface area contributed by atoms with Crippen LogP contribution in [0.15, 0.2) is 10.5 Å². The molecule has 0 fully saturated rings. The number of hydrogen-bond acceptors (Lipinski definition) is 4. The molecule has 0 saturated carbocycles. The normalized spacial score (nSPS) is 11.2. The number of carboxylic acids is 1. The molecule has 0 spiro atoms. The molecule has 7 heteroatoms. The molecule has 0 aliphatic carbocycles. The van der Waals surface area contributed by atoms with Crippen molar-refractivity contribution < 1.29 is 23.8 Å². The molecular formula is C13H20N2O5. The summed E-state index contributed by atoms with van der Waals surface area (Å²) in [6.45, 7) is 5.74. The van der Waals surface area contributed by atoms with Crippen LogP contribution in [-0.4, -0.2) is 36.4 Å². The van der Waals surface area contributed by atoms with Gasteiger partial charge in [-0.25, -0.2) is 9.59 Å². The maximum atomic E-state index is 11.6. The first-order valence-corrected chi connectivity index (χ1v) is 6.14. The minimum atomic E-state index is -1.05. The smallest absolute Gasteiger partial charge is 0.339 e. The van der Waals surface area contributed by atoms with E-state index in [0.717, 1.165) is 0 Å². The van der Waals surface area contributed by atoms with Crippen LogP contribution in [0.2, 0.25) is 0 Å². The van der Waals surface area contributed by atoms with Crippen molar-refractivity contribution in [1.82, 2.24) is 10.6 Å². The van der Waals surface area contributed by atoms with E-state index in [1.165, 1.54) is 6.07 Å². The number of carboxylic acid groups (broad SMARTS) is 1. The van der Waals surface area contributed by atoms with Crippen molar-refractivity contribution in [3.05, 3.63) is 23.2 Å². The van der Waals surface area contributed by atoms with Gasteiger partial charge in [0.25, 0.3) is 0 Å². The zero-order valence-corrected chi connectivity index (χ0v) is 12.1. The lowest BCUT2D eigenvalue weighted by atomic mass is 10.1. The highest BCUT2D eigenvalue weighted by atomic mass is 16.5. The van der Waals surface area contributed by atoms with Crippen molar-refractivity contribution in [2.24, 2.45) is 0 Å². The molecule has 0 atom stereocenters. The number of rotatable bonds is 6. The van der Waals surface area contributed by atoms with Gasteiger partial charge < -0.3 is 24.9 Å². The predicted molar refractivity (Wildman–Crippen MR) is 71.7 cm³/mol. The Labute approximate surface area is 117 Å². The Morgan fingerprint density at radius 2 is 2.05 bits per heavy atom. The van der Waals surface area contributed by atoms with Crippen LogP contribution >= 0.6 is 0 Å². The van der Waals surface area contributed by atoms with E-state index >= 15 is 0 Å². The molecule has 0 aliphatic rings. The minimum Gasteiger partial charge on any atom is -0.478 e. The molecule has 0 unspecified atom stereocenters. The third-order valence-corrected chi connectivity index (χ3v) is 2.85. The molecule has 7 nitrogen and oxygen atoms in total. The lowest BCUT2D eigenvalue weighted by molar-refractivity contribution is 0.0253. The number of ether oxygens (including phenoxy) is 1. The van der Waals surface area contributed by atoms with Crippen LogP contribution in [0.1, 0.15) is 35.7 Å². The summed E-state index contributed by atoms with van der Waals surface area (Å²) in [5, 5.41) is 14.1. The minimum absolute atomic E-state index is 0.0997. The maximum absolute atomic E-state index is 11.6. The van der Waals surface area contributed by atoms with Crippen LogP contribution in [0.5, 0.6) is 0 Å². The summed E-state index contributed by atoms with van der Waals surface area (Å²) in [7, 11) is 1.57. The van der Waals surface area contributed by atoms with Crippen LogP contribution in [0.3, 0.4) is 0 Å². The van der Waals surface area contributed by atoms with Crippen molar-refractivity contribution in [2.45, 2.75) is 32.9 Å². The molecule has 1 rings (SSSR count). The number of nitrogens with one attached hydrogen (secondary N) is 2. The number of carbonyl (C=O) groups excluding carboxylic acids is 1. The number of aryl methyl sites for hydroxylation is 1. The first-order valence-electron chi connectivity index (χ1n) is 6.14. The molecule has 0 bridgehead atoms. The first kappa shape index (κ1) is 16.0. The zero-order chi connectivity index (χ0) is 15.3. The Morgan fingerprint density at radius 1 is 1.40 bits per heavy atom. The van der Waals surface area contributed by atoms with Crippen molar-refractivity contribution in [3.63, 3.8) is 0 Å². The van der Waals surface area contributed by atoms with E-state index in [0.29, 0.717) is 18.1 Å². The van der Waals surface area contributed by atoms with Gasteiger partial charge in [0.05, 0.1) is 12.1 Å². The van der Waals surface area contributed by atoms with E-state index in [9.17, 15) is 9.59 Å². The third-order valence-electron chi connectivity index (χ3n) is 2.85. The first-order chi connectivity index (χ1) is 9.25. The molecule has 1 aromatic heterocycles. The lowest BCUT2D eigenvalue weighted by Crippen LogP contribution is -2.44. The van der Waals surface area contributed by atoms with E-state index < -0.39 is 11.6 Å². The van der Waals surface area contributed by atoms with Gasteiger partial charge in [-0.1, -0.05) is 0 Å². The number of furan rings is 1. The highest BCUT2D eigenvalue weighted by Crippen LogP contribution is 2.14. The highest BCUT2D eigenvalue weighted by molar-refractivity contribution is 5.88. The monoisotopic (exact) mass is 284 g/mol.